The minimum atomic E-state index is -0.0136. The van der Waals surface area contributed by atoms with Gasteiger partial charge in [0.25, 0.3) is 5.91 Å². The van der Waals surface area contributed by atoms with E-state index in [-0.39, 0.29) is 5.91 Å². The molecule has 0 unspecified atom stereocenters. The first-order chi connectivity index (χ1) is 15.0. The third-order valence-electron chi connectivity index (χ3n) is 5.76. The van der Waals surface area contributed by atoms with Gasteiger partial charge in [0.15, 0.2) is 0 Å². The molecule has 1 aliphatic rings. The molecule has 0 spiro atoms. The van der Waals surface area contributed by atoms with Gasteiger partial charge in [-0.25, -0.2) is 4.98 Å². The zero-order valence-electron chi connectivity index (χ0n) is 18.6. The summed E-state index contributed by atoms with van der Waals surface area (Å²) in [5, 5.41) is 4.42. The minimum absolute atomic E-state index is 0.0136. The van der Waals surface area contributed by atoms with Crippen LogP contribution >= 0.6 is 0 Å². The van der Waals surface area contributed by atoms with Crippen molar-refractivity contribution in [1.82, 2.24) is 9.88 Å². The minimum Gasteiger partial charge on any atom is -0.497 e. The summed E-state index contributed by atoms with van der Waals surface area (Å²) in [5.41, 5.74) is 4.03. The number of rotatable bonds is 5. The van der Waals surface area contributed by atoms with E-state index in [1.165, 1.54) is 6.42 Å². The highest BCUT2D eigenvalue weighted by atomic mass is 16.5. The summed E-state index contributed by atoms with van der Waals surface area (Å²) >= 11 is 0. The van der Waals surface area contributed by atoms with Crippen LogP contribution in [0.2, 0.25) is 0 Å². The molecule has 1 aromatic heterocycles. The fraction of sp³-hybridized carbons (Fsp3) is 0.360. The number of fused-ring (bicyclic) bond motifs is 1. The number of carbonyl (C=O) groups is 1. The Morgan fingerprint density at radius 2 is 1.84 bits per heavy atom. The number of benzene rings is 2. The Hall–Kier alpha value is -3.28. The van der Waals surface area contributed by atoms with E-state index in [0.29, 0.717) is 23.1 Å². The second kappa shape index (κ2) is 8.84. The number of amides is 1. The van der Waals surface area contributed by atoms with Crippen LogP contribution in [0.3, 0.4) is 0 Å². The summed E-state index contributed by atoms with van der Waals surface area (Å²) < 4.78 is 10.8. The van der Waals surface area contributed by atoms with Gasteiger partial charge in [0, 0.05) is 42.4 Å². The first kappa shape index (κ1) is 21.0. The topological polar surface area (TPSA) is 63.7 Å². The van der Waals surface area contributed by atoms with E-state index in [0.717, 1.165) is 47.4 Å². The highest BCUT2D eigenvalue weighted by molar-refractivity contribution is 6.01. The van der Waals surface area contributed by atoms with Gasteiger partial charge >= 0.3 is 0 Å². The number of aromatic nitrogens is 1. The molecule has 6 nitrogen and oxygen atoms in total. The third-order valence-corrected chi connectivity index (χ3v) is 5.76. The number of piperidine rings is 1. The predicted molar refractivity (Wildman–Crippen MR) is 124 cm³/mol. The largest absolute Gasteiger partial charge is 0.497 e. The number of methoxy groups -OCH3 is 2. The molecular formula is C25H29N3O3. The molecule has 162 valence electrons. The maximum Gasteiger partial charge on any atom is 0.272 e. The summed E-state index contributed by atoms with van der Waals surface area (Å²) in [6, 6.07) is 13.6. The number of nitrogens with one attached hydrogen (secondary N) is 1. The number of ether oxygens (including phenoxy) is 2. The molecule has 1 atom stereocenters. The lowest BCUT2D eigenvalue weighted by molar-refractivity contribution is 0.0677. The first-order valence-corrected chi connectivity index (χ1v) is 10.7. The fourth-order valence-corrected chi connectivity index (χ4v) is 4.12. The summed E-state index contributed by atoms with van der Waals surface area (Å²) in [5.74, 6) is 1.88. The smallest absolute Gasteiger partial charge is 0.272 e. The molecule has 0 aliphatic carbocycles. The molecule has 1 fully saturated rings. The quantitative estimate of drug-likeness (QED) is 0.618. The van der Waals surface area contributed by atoms with E-state index >= 15 is 0 Å². The van der Waals surface area contributed by atoms with Crippen LogP contribution < -0.4 is 14.8 Å². The van der Waals surface area contributed by atoms with E-state index < -0.39 is 0 Å². The van der Waals surface area contributed by atoms with E-state index in [9.17, 15) is 4.79 Å². The Morgan fingerprint density at radius 3 is 2.52 bits per heavy atom. The van der Waals surface area contributed by atoms with Crippen LogP contribution in [0.1, 0.15) is 35.8 Å². The van der Waals surface area contributed by atoms with E-state index in [2.05, 4.69) is 18.3 Å². The monoisotopic (exact) mass is 419 g/mol. The highest BCUT2D eigenvalue weighted by Gasteiger charge is 2.24. The Kier molecular flexibility index (Phi) is 5.98. The molecular weight excluding hydrogens is 390 g/mol. The molecule has 1 amide bonds. The van der Waals surface area contributed by atoms with Gasteiger partial charge in [-0.2, -0.15) is 0 Å². The van der Waals surface area contributed by atoms with Crippen molar-refractivity contribution < 1.29 is 14.3 Å². The van der Waals surface area contributed by atoms with Crippen LogP contribution in [0, 0.1) is 12.8 Å². The summed E-state index contributed by atoms with van der Waals surface area (Å²) in [6.07, 6.45) is 2.20. The number of likely N-dealkylation sites (tertiary alicyclic amines) is 1. The fourth-order valence-electron chi connectivity index (χ4n) is 4.12. The Balaban J connectivity index is 1.76. The van der Waals surface area contributed by atoms with Gasteiger partial charge in [-0.15, -0.1) is 0 Å². The maximum atomic E-state index is 13.3. The lowest BCUT2D eigenvalue weighted by Crippen LogP contribution is -2.39. The van der Waals surface area contributed by atoms with Crippen molar-refractivity contribution in [2.75, 3.05) is 32.6 Å². The lowest BCUT2D eigenvalue weighted by atomic mass is 10.00. The molecule has 4 rings (SSSR count). The van der Waals surface area contributed by atoms with Crippen LogP contribution in [0.4, 0.5) is 11.4 Å². The van der Waals surface area contributed by atoms with Crippen molar-refractivity contribution in [3.63, 3.8) is 0 Å². The van der Waals surface area contributed by atoms with Gasteiger partial charge < -0.3 is 19.7 Å². The van der Waals surface area contributed by atoms with Crippen molar-refractivity contribution >= 4 is 28.2 Å². The first-order valence-electron chi connectivity index (χ1n) is 10.7. The van der Waals surface area contributed by atoms with Crippen molar-refractivity contribution in [1.29, 1.82) is 0 Å². The number of anilines is 2. The van der Waals surface area contributed by atoms with Crippen molar-refractivity contribution in [3.05, 3.63) is 53.7 Å². The molecule has 31 heavy (non-hydrogen) atoms. The highest BCUT2D eigenvalue weighted by Crippen LogP contribution is 2.32. The molecule has 1 aliphatic heterocycles. The van der Waals surface area contributed by atoms with Crippen LogP contribution in [0.25, 0.3) is 10.9 Å². The standard InChI is InChI=1S/C25H29N3O3/c1-16-7-8-22-21(10-16)23(26-18-11-19(30-3)13-20(12-18)31-4)14-24(27-22)25(29)28-9-5-6-17(2)15-28/h7-8,10-14,17H,5-6,9,15H2,1-4H3,(H,26,27)/t17-/m0/s1. The number of nitrogens with zero attached hydrogens (tertiary/aromatic N) is 2. The molecule has 1 saturated heterocycles. The molecule has 3 aromatic rings. The number of hydrogen-bond donors (Lipinski definition) is 1. The van der Waals surface area contributed by atoms with E-state index in [1.54, 1.807) is 14.2 Å². The molecule has 6 heteroatoms. The average Bonchev–Trinajstić information content (AvgIpc) is 2.78. The predicted octanol–water partition coefficient (Wildman–Crippen LogP) is 5.18. The number of carbonyl (C=O) groups excluding carboxylic acids is 1. The zero-order chi connectivity index (χ0) is 22.0. The Morgan fingerprint density at radius 1 is 1.10 bits per heavy atom. The van der Waals surface area contributed by atoms with Crippen LogP contribution in [-0.4, -0.2) is 43.1 Å². The lowest BCUT2D eigenvalue weighted by Gasteiger charge is -2.30. The van der Waals surface area contributed by atoms with Gasteiger partial charge in [0.2, 0.25) is 0 Å². The summed E-state index contributed by atoms with van der Waals surface area (Å²) in [4.78, 5) is 19.9. The maximum absolute atomic E-state index is 13.3. The van der Waals surface area contributed by atoms with Crippen molar-refractivity contribution in [2.24, 2.45) is 5.92 Å². The number of hydrogen-bond acceptors (Lipinski definition) is 5. The molecule has 2 heterocycles. The van der Waals surface area contributed by atoms with Crippen LogP contribution in [-0.2, 0) is 0 Å². The van der Waals surface area contributed by atoms with E-state index in [1.807, 2.05) is 48.2 Å². The van der Waals surface area contributed by atoms with Gasteiger partial charge in [-0.1, -0.05) is 18.6 Å². The normalized spacial score (nSPS) is 16.3. The average molecular weight is 420 g/mol. The third kappa shape index (κ3) is 4.58. The Labute approximate surface area is 183 Å². The molecule has 0 radical (unpaired) electrons. The molecule has 1 N–H and O–H groups in total. The number of pyridine rings is 1. The Bertz CT molecular complexity index is 1090. The SMILES string of the molecule is COc1cc(Nc2cc(C(=O)N3CCC[C@H](C)C3)nc3ccc(C)cc23)cc(OC)c1. The van der Waals surface area contributed by atoms with E-state index in [4.69, 9.17) is 14.5 Å². The molecule has 2 aromatic carbocycles. The van der Waals surface area contributed by atoms with Crippen LogP contribution in [0.15, 0.2) is 42.5 Å². The molecule has 0 saturated carbocycles. The van der Waals surface area contributed by atoms with Gasteiger partial charge in [0.1, 0.15) is 17.2 Å². The zero-order valence-corrected chi connectivity index (χ0v) is 18.6. The number of aryl methyl sites for hydroxylation is 1. The van der Waals surface area contributed by atoms with Crippen molar-refractivity contribution in [2.45, 2.75) is 26.7 Å². The second-order valence-corrected chi connectivity index (χ2v) is 8.30. The van der Waals surface area contributed by atoms with Crippen molar-refractivity contribution in [3.8, 4) is 11.5 Å². The summed E-state index contributed by atoms with van der Waals surface area (Å²) in [7, 11) is 3.25. The van der Waals surface area contributed by atoms with Gasteiger partial charge in [-0.05, 0) is 43.9 Å². The summed E-state index contributed by atoms with van der Waals surface area (Å²) in [6.45, 7) is 5.81. The second-order valence-electron chi connectivity index (χ2n) is 8.30. The molecule has 0 bridgehead atoms. The van der Waals surface area contributed by atoms with Gasteiger partial charge in [-0.3, -0.25) is 4.79 Å². The van der Waals surface area contributed by atoms with Crippen LogP contribution in [0.5, 0.6) is 11.5 Å². The van der Waals surface area contributed by atoms with Gasteiger partial charge in [0.05, 0.1) is 25.4 Å².